The number of carbonyl (C=O) groups excluding carboxylic acids is 1. The number of carboxylic acid groups (broad SMARTS) is 1. The lowest BCUT2D eigenvalue weighted by molar-refractivity contribution is 0.0696. The predicted octanol–water partition coefficient (Wildman–Crippen LogP) is 2.27. The van der Waals surface area contributed by atoms with Crippen LogP contribution in [0.2, 0.25) is 0 Å². The molecule has 6 heteroatoms. The van der Waals surface area contributed by atoms with Gasteiger partial charge >= 0.3 is 5.97 Å². The van der Waals surface area contributed by atoms with Gasteiger partial charge in [-0.2, -0.15) is 0 Å². The molecule has 0 aliphatic heterocycles. The van der Waals surface area contributed by atoms with Crippen LogP contribution < -0.4 is 10.5 Å². The van der Waals surface area contributed by atoms with Crippen molar-refractivity contribution in [2.75, 3.05) is 6.61 Å². The van der Waals surface area contributed by atoms with E-state index in [1.54, 1.807) is 24.3 Å². The first-order valence-corrected chi connectivity index (χ1v) is 6.49. The van der Waals surface area contributed by atoms with Crippen molar-refractivity contribution in [1.29, 1.82) is 0 Å². The van der Waals surface area contributed by atoms with Crippen LogP contribution in [-0.4, -0.2) is 28.7 Å². The predicted molar refractivity (Wildman–Crippen MR) is 81.2 cm³/mol. The smallest absolute Gasteiger partial charge is 0.335 e. The molecule has 116 valence electrons. The van der Waals surface area contributed by atoms with Gasteiger partial charge in [-0.3, -0.25) is 4.79 Å². The van der Waals surface area contributed by atoms with Crippen molar-refractivity contribution in [2.24, 2.45) is 5.73 Å². The molecule has 0 saturated carbocycles. The molecule has 0 aliphatic carbocycles. The van der Waals surface area contributed by atoms with Gasteiger partial charge in [-0.25, -0.2) is 4.79 Å². The summed E-state index contributed by atoms with van der Waals surface area (Å²) in [5, 5.41) is 17.1. The second-order valence-corrected chi connectivity index (χ2v) is 4.15. The number of carboxylic acids is 1. The topological polar surface area (TPSA) is 110 Å². The van der Waals surface area contributed by atoms with Gasteiger partial charge in [0.25, 0.3) is 5.91 Å². The molecule has 0 heterocycles. The fraction of sp³-hybridized carbons (Fsp3) is 0.125. The Hall–Kier alpha value is -3.02. The Morgan fingerprint density at radius 2 is 1.68 bits per heavy atom. The van der Waals surface area contributed by atoms with E-state index < -0.39 is 11.9 Å². The fourth-order valence-electron chi connectivity index (χ4n) is 1.56. The first-order valence-electron chi connectivity index (χ1n) is 6.49. The number of phenols is 1. The third-order valence-electron chi connectivity index (χ3n) is 2.57. The molecule has 0 aliphatic rings. The first kappa shape index (κ1) is 17.0. The Bertz CT molecular complexity index is 637. The van der Waals surface area contributed by atoms with Gasteiger partial charge in [-0.15, -0.1) is 0 Å². The van der Waals surface area contributed by atoms with E-state index >= 15 is 0 Å². The van der Waals surface area contributed by atoms with Gasteiger partial charge in [0.1, 0.15) is 11.5 Å². The highest BCUT2D eigenvalue weighted by Gasteiger charge is 2.06. The lowest BCUT2D eigenvalue weighted by Gasteiger charge is -2.05. The van der Waals surface area contributed by atoms with Crippen molar-refractivity contribution in [2.45, 2.75) is 6.92 Å². The third kappa shape index (κ3) is 5.16. The van der Waals surface area contributed by atoms with Gasteiger partial charge in [-0.05, 0) is 43.3 Å². The number of phenolic OH excluding ortho intramolecular Hbond substituents is 1. The SMILES string of the molecule is CCOc1ccccc1C(N)=O.O=C(O)c1ccc(O)cc1. The Kier molecular flexibility index (Phi) is 6.43. The number of primary amides is 1. The Morgan fingerprint density at radius 3 is 2.18 bits per heavy atom. The van der Waals surface area contributed by atoms with Crippen LogP contribution in [0.4, 0.5) is 0 Å². The summed E-state index contributed by atoms with van der Waals surface area (Å²) in [4.78, 5) is 21.1. The maximum absolute atomic E-state index is 10.8. The van der Waals surface area contributed by atoms with Crippen molar-refractivity contribution in [3.05, 3.63) is 59.7 Å². The highest BCUT2D eigenvalue weighted by atomic mass is 16.5. The molecule has 2 aromatic carbocycles. The molecule has 0 spiro atoms. The highest BCUT2D eigenvalue weighted by Crippen LogP contribution is 2.16. The number of nitrogens with two attached hydrogens (primary N) is 1. The number of rotatable bonds is 4. The maximum Gasteiger partial charge on any atom is 0.335 e. The zero-order chi connectivity index (χ0) is 16.5. The van der Waals surface area contributed by atoms with Gasteiger partial charge < -0.3 is 20.7 Å². The van der Waals surface area contributed by atoms with E-state index in [0.29, 0.717) is 17.9 Å². The van der Waals surface area contributed by atoms with E-state index in [1.165, 1.54) is 24.3 Å². The summed E-state index contributed by atoms with van der Waals surface area (Å²) in [6.45, 7) is 2.39. The number of hydrogen-bond donors (Lipinski definition) is 3. The minimum absolute atomic E-state index is 0.0741. The number of hydrogen-bond acceptors (Lipinski definition) is 4. The second kappa shape index (κ2) is 8.31. The van der Waals surface area contributed by atoms with Crippen LogP contribution in [0, 0.1) is 0 Å². The molecule has 0 radical (unpaired) electrons. The minimum Gasteiger partial charge on any atom is -0.508 e. The van der Waals surface area contributed by atoms with Crippen molar-refractivity contribution in [3.63, 3.8) is 0 Å². The fourth-order valence-corrected chi connectivity index (χ4v) is 1.56. The number of aromatic hydroxyl groups is 1. The van der Waals surface area contributed by atoms with Crippen LogP contribution in [-0.2, 0) is 0 Å². The van der Waals surface area contributed by atoms with E-state index in [4.69, 9.17) is 20.7 Å². The van der Waals surface area contributed by atoms with Crippen molar-refractivity contribution in [3.8, 4) is 11.5 Å². The van der Waals surface area contributed by atoms with E-state index in [0.717, 1.165) is 0 Å². The number of amides is 1. The standard InChI is InChI=1S/C9H11NO2.C7H6O3/c1-2-12-8-6-4-3-5-7(8)9(10)11;8-6-3-1-5(2-4-6)7(9)10/h3-6H,2H2,1H3,(H2,10,11);1-4,8H,(H,9,10). The molecule has 0 aromatic heterocycles. The van der Waals surface area contributed by atoms with Crippen LogP contribution in [0.3, 0.4) is 0 Å². The first-order chi connectivity index (χ1) is 10.5. The van der Waals surface area contributed by atoms with Crippen LogP contribution in [0.25, 0.3) is 0 Å². The number of ether oxygens (including phenoxy) is 1. The molecular weight excluding hydrogens is 286 g/mol. The second-order valence-electron chi connectivity index (χ2n) is 4.15. The van der Waals surface area contributed by atoms with Crippen molar-refractivity contribution < 1.29 is 24.5 Å². The van der Waals surface area contributed by atoms with E-state index in [1.807, 2.05) is 6.92 Å². The summed E-state index contributed by atoms with van der Waals surface area (Å²) >= 11 is 0. The molecule has 1 amide bonds. The molecule has 0 unspecified atom stereocenters. The Morgan fingerprint density at radius 1 is 1.09 bits per heavy atom. The largest absolute Gasteiger partial charge is 0.508 e. The number of aromatic carboxylic acids is 1. The summed E-state index contributed by atoms with van der Waals surface area (Å²) in [6, 6.07) is 12.3. The zero-order valence-corrected chi connectivity index (χ0v) is 12.0. The summed E-state index contributed by atoms with van der Waals surface area (Å²) in [5.74, 6) is -0.823. The molecule has 2 aromatic rings. The summed E-state index contributed by atoms with van der Waals surface area (Å²) in [5.41, 5.74) is 5.73. The van der Waals surface area contributed by atoms with Gasteiger partial charge in [0, 0.05) is 0 Å². The van der Waals surface area contributed by atoms with Gasteiger partial charge in [0.15, 0.2) is 0 Å². The highest BCUT2D eigenvalue weighted by molar-refractivity contribution is 5.95. The Balaban J connectivity index is 0.000000224. The van der Waals surface area contributed by atoms with Crippen molar-refractivity contribution in [1.82, 2.24) is 0 Å². The average molecular weight is 303 g/mol. The van der Waals surface area contributed by atoms with E-state index in [-0.39, 0.29) is 11.3 Å². The van der Waals surface area contributed by atoms with Crippen LogP contribution in [0.1, 0.15) is 27.6 Å². The Labute approximate surface area is 127 Å². The number of para-hydroxylation sites is 1. The summed E-state index contributed by atoms with van der Waals surface area (Å²) < 4.78 is 5.20. The molecule has 2 rings (SSSR count). The summed E-state index contributed by atoms with van der Waals surface area (Å²) in [6.07, 6.45) is 0. The molecule has 22 heavy (non-hydrogen) atoms. The summed E-state index contributed by atoms with van der Waals surface area (Å²) in [7, 11) is 0. The molecule has 0 atom stereocenters. The molecular formula is C16H17NO5. The van der Waals surface area contributed by atoms with Crippen molar-refractivity contribution >= 4 is 11.9 Å². The maximum atomic E-state index is 10.8. The monoisotopic (exact) mass is 303 g/mol. The van der Waals surface area contributed by atoms with E-state index in [9.17, 15) is 9.59 Å². The molecule has 0 bridgehead atoms. The van der Waals surface area contributed by atoms with E-state index in [2.05, 4.69) is 0 Å². The number of carbonyl (C=O) groups is 2. The van der Waals surface area contributed by atoms with Crippen LogP contribution in [0.15, 0.2) is 48.5 Å². The lowest BCUT2D eigenvalue weighted by Crippen LogP contribution is -2.12. The third-order valence-corrected chi connectivity index (χ3v) is 2.57. The van der Waals surface area contributed by atoms with Gasteiger partial charge in [-0.1, -0.05) is 12.1 Å². The minimum atomic E-state index is -0.986. The average Bonchev–Trinajstić information content (AvgIpc) is 2.49. The molecule has 6 nitrogen and oxygen atoms in total. The molecule has 0 fully saturated rings. The van der Waals surface area contributed by atoms with Gasteiger partial charge in [0.2, 0.25) is 0 Å². The van der Waals surface area contributed by atoms with Gasteiger partial charge in [0.05, 0.1) is 17.7 Å². The van der Waals surface area contributed by atoms with Crippen LogP contribution >= 0.6 is 0 Å². The molecule has 4 N–H and O–H groups in total. The number of benzene rings is 2. The molecule has 0 saturated heterocycles. The normalized spacial score (nSPS) is 9.32. The van der Waals surface area contributed by atoms with Crippen LogP contribution in [0.5, 0.6) is 11.5 Å². The lowest BCUT2D eigenvalue weighted by atomic mass is 10.2. The quantitative estimate of drug-likeness (QED) is 0.802. The zero-order valence-electron chi connectivity index (χ0n) is 12.0.